The van der Waals surface area contributed by atoms with E-state index in [9.17, 15) is 18.0 Å². The van der Waals surface area contributed by atoms with Gasteiger partial charge in [-0.2, -0.15) is 0 Å². The fourth-order valence-electron chi connectivity index (χ4n) is 4.05. The quantitative estimate of drug-likeness (QED) is 0.498. The Balaban J connectivity index is 1.68. The Bertz CT molecular complexity index is 1270. The zero-order valence-corrected chi connectivity index (χ0v) is 17.9. The van der Waals surface area contributed by atoms with Crippen LogP contribution >= 0.6 is 0 Å². The van der Waals surface area contributed by atoms with E-state index in [1.54, 1.807) is 16.2 Å². The van der Waals surface area contributed by atoms with E-state index < -0.39 is 23.5 Å². The third-order valence-corrected chi connectivity index (χ3v) is 5.77. The summed E-state index contributed by atoms with van der Waals surface area (Å²) in [7, 11) is 1.47. The molecule has 0 aliphatic carbocycles. The summed E-state index contributed by atoms with van der Waals surface area (Å²) in [6.45, 7) is 4.02. The van der Waals surface area contributed by atoms with Crippen LogP contribution in [0.25, 0.3) is 5.65 Å². The number of imidazole rings is 1. The topological polar surface area (TPSA) is 76.0 Å². The van der Waals surface area contributed by atoms with E-state index in [1.165, 1.54) is 13.2 Å². The van der Waals surface area contributed by atoms with Gasteiger partial charge in [-0.1, -0.05) is 6.07 Å². The second-order valence-corrected chi connectivity index (χ2v) is 7.76. The number of aryl methyl sites for hydroxylation is 1. The first kappa shape index (κ1) is 21.6. The average molecular weight is 441 g/mol. The van der Waals surface area contributed by atoms with E-state index in [1.807, 2.05) is 25.3 Å². The molecular weight excluding hydrogens is 419 g/mol. The highest BCUT2D eigenvalue weighted by atomic mass is 19.2. The summed E-state index contributed by atoms with van der Waals surface area (Å²) in [6, 6.07) is 5.05. The maximum absolute atomic E-state index is 13.8. The lowest BCUT2D eigenvalue weighted by Gasteiger charge is -2.35. The van der Waals surface area contributed by atoms with E-state index >= 15 is 0 Å². The molecule has 0 radical (unpaired) electrons. The molecule has 1 aromatic carbocycles. The Hall–Kier alpha value is -3.62. The van der Waals surface area contributed by atoms with Crippen molar-refractivity contribution >= 4 is 17.3 Å². The molecule has 1 aliphatic rings. The first-order valence-electron chi connectivity index (χ1n) is 10.1. The van der Waals surface area contributed by atoms with Crippen molar-refractivity contribution in [3.8, 4) is 0 Å². The van der Waals surface area contributed by atoms with Crippen LogP contribution in [0.4, 0.5) is 13.2 Å². The molecule has 166 valence electrons. The molecule has 4 rings (SSSR count). The van der Waals surface area contributed by atoms with Crippen LogP contribution in [0.2, 0.25) is 0 Å². The molecule has 0 spiro atoms. The highest BCUT2D eigenvalue weighted by Gasteiger charge is 2.32. The average Bonchev–Trinajstić information content (AvgIpc) is 3.18. The number of fused-ring (bicyclic) bond motifs is 1. The van der Waals surface area contributed by atoms with E-state index in [2.05, 4.69) is 9.98 Å². The number of nitrogens with zero attached hydrogens (tertiary/aromatic N) is 4. The predicted octanol–water partition coefficient (Wildman–Crippen LogP) is 3.63. The monoisotopic (exact) mass is 441 g/mol. The Labute approximate surface area is 182 Å². The minimum Gasteiger partial charge on any atom is -0.400 e. The molecule has 0 saturated carbocycles. The lowest BCUT2D eigenvalue weighted by atomic mass is 9.91. The van der Waals surface area contributed by atoms with Gasteiger partial charge in [0.25, 0.3) is 5.91 Å². The fraction of sp³-hybridized carbons (Fsp3) is 0.261. The Kier molecular flexibility index (Phi) is 5.50. The number of halogens is 3. The van der Waals surface area contributed by atoms with Gasteiger partial charge in [0.2, 0.25) is 0 Å². The number of amides is 1. The molecule has 9 heteroatoms. The molecule has 1 atom stereocenters. The number of carbonyl (C=O) groups is 1. The Morgan fingerprint density at radius 1 is 1.22 bits per heavy atom. The van der Waals surface area contributed by atoms with Gasteiger partial charge in [0.1, 0.15) is 11.3 Å². The number of hydrogen-bond acceptors (Lipinski definition) is 4. The van der Waals surface area contributed by atoms with Gasteiger partial charge in [-0.3, -0.25) is 14.2 Å². The third-order valence-electron chi connectivity index (χ3n) is 5.77. The van der Waals surface area contributed by atoms with Crippen molar-refractivity contribution in [3.63, 3.8) is 0 Å². The molecule has 0 unspecified atom stereocenters. The summed E-state index contributed by atoms with van der Waals surface area (Å²) < 4.78 is 42.7. The van der Waals surface area contributed by atoms with Crippen molar-refractivity contribution < 1.29 is 18.0 Å². The van der Waals surface area contributed by atoms with Crippen LogP contribution in [0, 0.1) is 24.4 Å². The number of pyridine rings is 1. The van der Waals surface area contributed by atoms with Gasteiger partial charge in [-0.15, -0.1) is 0 Å². The third kappa shape index (κ3) is 3.53. The molecule has 2 aromatic heterocycles. The second-order valence-electron chi connectivity index (χ2n) is 7.76. The molecule has 1 aliphatic heterocycles. The van der Waals surface area contributed by atoms with Gasteiger partial charge < -0.3 is 10.6 Å². The maximum Gasteiger partial charge on any atom is 0.273 e. The van der Waals surface area contributed by atoms with E-state index in [0.717, 1.165) is 17.7 Å². The highest BCUT2D eigenvalue weighted by Crippen LogP contribution is 2.27. The van der Waals surface area contributed by atoms with Crippen LogP contribution in [0.3, 0.4) is 0 Å². The maximum atomic E-state index is 13.8. The molecule has 0 bridgehead atoms. The van der Waals surface area contributed by atoms with Crippen LogP contribution in [0.15, 0.2) is 52.9 Å². The Morgan fingerprint density at radius 3 is 2.56 bits per heavy atom. The van der Waals surface area contributed by atoms with Gasteiger partial charge in [0, 0.05) is 36.6 Å². The van der Waals surface area contributed by atoms with Crippen LogP contribution in [0.5, 0.6) is 0 Å². The standard InChI is InChI=1S/C23H22F3N5O/c1-12-4-5-19-29-10-18(31(19)11-12)23(32)30-7-6-15(21(27)13(30)2)22(28-3)14-8-16(24)20(26)17(25)9-14/h4-5,8-11,13H,6-7,27H2,1-3H3/t13-/m0/s1. The van der Waals surface area contributed by atoms with Crippen molar-refractivity contribution in [1.29, 1.82) is 0 Å². The van der Waals surface area contributed by atoms with Crippen molar-refractivity contribution in [1.82, 2.24) is 14.3 Å². The normalized spacial score (nSPS) is 17.4. The minimum atomic E-state index is -1.54. The van der Waals surface area contributed by atoms with E-state index in [-0.39, 0.29) is 17.2 Å². The summed E-state index contributed by atoms with van der Waals surface area (Å²) in [5, 5.41) is 0. The lowest BCUT2D eigenvalue weighted by molar-refractivity contribution is 0.0699. The molecule has 3 heterocycles. The largest absolute Gasteiger partial charge is 0.400 e. The van der Waals surface area contributed by atoms with Gasteiger partial charge in [0.05, 0.1) is 18.0 Å². The number of benzene rings is 1. The summed E-state index contributed by atoms with van der Waals surface area (Å²) in [4.78, 5) is 23.4. The number of carbonyl (C=O) groups excluding carboxylic acids is 1. The van der Waals surface area contributed by atoms with Crippen molar-refractivity contribution in [2.45, 2.75) is 26.3 Å². The summed E-state index contributed by atoms with van der Waals surface area (Å²) in [5.41, 5.74) is 9.74. The summed E-state index contributed by atoms with van der Waals surface area (Å²) in [6.07, 6.45) is 3.70. The van der Waals surface area contributed by atoms with Crippen LogP contribution in [0.1, 0.15) is 35.0 Å². The molecule has 3 aromatic rings. The SMILES string of the molecule is CN=C(C1=C(N)[C@H](C)N(C(=O)c2cnc3ccc(C)cn23)CC1)c1cc(F)c(F)c(F)c1. The molecule has 0 saturated heterocycles. The summed E-state index contributed by atoms with van der Waals surface area (Å²) in [5.74, 6) is -4.37. The van der Waals surface area contributed by atoms with Crippen molar-refractivity contribution in [3.05, 3.63) is 82.2 Å². The zero-order valence-electron chi connectivity index (χ0n) is 17.9. The van der Waals surface area contributed by atoms with E-state index in [0.29, 0.717) is 35.6 Å². The minimum absolute atomic E-state index is 0.0890. The number of nitrogens with two attached hydrogens (primary N) is 1. The molecule has 32 heavy (non-hydrogen) atoms. The van der Waals surface area contributed by atoms with Crippen molar-refractivity contribution in [2.24, 2.45) is 10.7 Å². The number of aromatic nitrogens is 2. The van der Waals surface area contributed by atoms with Crippen LogP contribution in [-0.2, 0) is 0 Å². The Morgan fingerprint density at radius 2 is 1.91 bits per heavy atom. The van der Waals surface area contributed by atoms with Gasteiger partial charge in [-0.25, -0.2) is 18.2 Å². The summed E-state index contributed by atoms with van der Waals surface area (Å²) >= 11 is 0. The molecule has 2 N–H and O–H groups in total. The molecule has 0 fully saturated rings. The highest BCUT2D eigenvalue weighted by molar-refractivity contribution is 6.13. The number of hydrogen-bond donors (Lipinski definition) is 1. The molecule has 6 nitrogen and oxygen atoms in total. The fourth-order valence-corrected chi connectivity index (χ4v) is 4.05. The second kappa shape index (κ2) is 8.14. The molecular formula is C23H22F3N5O. The van der Waals surface area contributed by atoms with Gasteiger partial charge >= 0.3 is 0 Å². The number of rotatable bonds is 3. The first-order valence-corrected chi connectivity index (χ1v) is 10.1. The van der Waals surface area contributed by atoms with E-state index in [4.69, 9.17) is 5.73 Å². The lowest BCUT2D eigenvalue weighted by Crippen LogP contribution is -2.46. The number of aliphatic imine (C=N–C) groups is 1. The zero-order chi connectivity index (χ0) is 23.2. The van der Waals surface area contributed by atoms with Crippen LogP contribution < -0.4 is 5.73 Å². The van der Waals surface area contributed by atoms with Gasteiger partial charge in [0.15, 0.2) is 17.5 Å². The first-order chi connectivity index (χ1) is 15.2. The van der Waals surface area contributed by atoms with Crippen LogP contribution in [-0.4, -0.2) is 45.5 Å². The predicted molar refractivity (Wildman–Crippen MR) is 115 cm³/mol. The van der Waals surface area contributed by atoms with Crippen molar-refractivity contribution in [2.75, 3.05) is 13.6 Å². The molecule has 1 amide bonds. The van der Waals surface area contributed by atoms with Gasteiger partial charge in [-0.05, 0) is 44.0 Å². The smallest absolute Gasteiger partial charge is 0.273 e.